The van der Waals surface area contributed by atoms with Gasteiger partial charge in [0.2, 0.25) is 0 Å². The fourth-order valence-corrected chi connectivity index (χ4v) is 5.64. The molecule has 10 heteroatoms. The summed E-state index contributed by atoms with van der Waals surface area (Å²) in [6.07, 6.45) is 5.40. The maximum Gasteiger partial charge on any atom is 0.407 e. The Morgan fingerprint density at radius 2 is 1.73 bits per heavy atom. The number of nitrogens with zero attached hydrogens (tertiary/aromatic N) is 1. The van der Waals surface area contributed by atoms with E-state index in [9.17, 15) is 19.2 Å². The molecule has 0 bridgehead atoms. The van der Waals surface area contributed by atoms with E-state index in [1.165, 1.54) is 0 Å². The van der Waals surface area contributed by atoms with E-state index in [0.29, 0.717) is 40.8 Å². The molecule has 2 heterocycles. The summed E-state index contributed by atoms with van der Waals surface area (Å²) in [6.45, 7) is 11.8. The van der Waals surface area contributed by atoms with E-state index >= 15 is 0 Å². The Hall–Kier alpha value is -4.31. The summed E-state index contributed by atoms with van der Waals surface area (Å²) in [5.74, 6) is -0.299. The number of carbonyl (C=O) groups excluding carboxylic acids is 3. The van der Waals surface area contributed by atoms with Gasteiger partial charge in [0.1, 0.15) is 11.3 Å². The van der Waals surface area contributed by atoms with Gasteiger partial charge < -0.3 is 25.7 Å². The fourth-order valence-electron chi connectivity index (χ4n) is 5.64. The number of aromatic nitrogens is 2. The summed E-state index contributed by atoms with van der Waals surface area (Å²) in [6, 6.07) is 9.56. The van der Waals surface area contributed by atoms with Crippen molar-refractivity contribution in [1.29, 1.82) is 0 Å². The molecule has 4 rings (SSSR count). The van der Waals surface area contributed by atoms with E-state index in [-0.39, 0.29) is 36.2 Å². The summed E-state index contributed by atoms with van der Waals surface area (Å²) in [7, 11) is 0. The van der Waals surface area contributed by atoms with Crippen molar-refractivity contribution in [2.45, 2.75) is 98.0 Å². The van der Waals surface area contributed by atoms with Crippen molar-refractivity contribution in [2.75, 3.05) is 0 Å². The van der Waals surface area contributed by atoms with Gasteiger partial charge in [0.05, 0.1) is 5.56 Å². The van der Waals surface area contributed by atoms with Gasteiger partial charge in [0, 0.05) is 48.2 Å². The third-order valence-electron chi connectivity index (χ3n) is 7.97. The van der Waals surface area contributed by atoms with Crippen molar-refractivity contribution >= 4 is 18.3 Å². The van der Waals surface area contributed by atoms with Crippen LogP contribution in [0, 0.1) is 20.8 Å². The van der Waals surface area contributed by atoms with Crippen molar-refractivity contribution in [3.8, 4) is 11.1 Å². The first-order chi connectivity index (χ1) is 20.8. The second kappa shape index (κ2) is 14.0. The number of rotatable bonds is 9. The Labute approximate surface area is 258 Å². The lowest BCUT2D eigenvalue weighted by atomic mass is 9.90. The molecule has 234 valence electrons. The second-order valence-electron chi connectivity index (χ2n) is 12.6. The maximum absolute atomic E-state index is 13.7. The third-order valence-corrected chi connectivity index (χ3v) is 7.97. The second-order valence-corrected chi connectivity index (χ2v) is 12.6. The number of hydrogen-bond donors (Lipinski definition) is 4. The lowest BCUT2D eigenvalue weighted by Crippen LogP contribution is -2.43. The van der Waals surface area contributed by atoms with E-state index in [4.69, 9.17) is 4.74 Å². The summed E-state index contributed by atoms with van der Waals surface area (Å²) >= 11 is 0. The van der Waals surface area contributed by atoms with Gasteiger partial charge in [-0.05, 0) is 102 Å². The Balaban J connectivity index is 1.49. The molecule has 0 unspecified atom stereocenters. The number of aryl methyl sites for hydroxylation is 2. The van der Waals surface area contributed by atoms with Gasteiger partial charge in [-0.1, -0.05) is 18.2 Å². The quantitative estimate of drug-likeness (QED) is 0.252. The molecule has 1 fully saturated rings. The van der Waals surface area contributed by atoms with Gasteiger partial charge in [-0.15, -0.1) is 0 Å². The summed E-state index contributed by atoms with van der Waals surface area (Å²) in [5.41, 5.74) is 5.34. The minimum atomic E-state index is -0.529. The molecule has 2 aromatic heterocycles. The Bertz CT molecular complexity index is 1560. The predicted molar refractivity (Wildman–Crippen MR) is 170 cm³/mol. The highest BCUT2D eigenvalue weighted by atomic mass is 16.6. The highest BCUT2D eigenvalue weighted by Crippen LogP contribution is 2.29. The zero-order chi connectivity index (χ0) is 32.0. The summed E-state index contributed by atoms with van der Waals surface area (Å²) in [5, 5.41) is 9.58. The lowest BCUT2D eigenvalue weighted by Gasteiger charge is -2.31. The first kappa shape index (κ1) is 32.6. The van der Waals surface area contributed by atoms with Crippen molar-refractivity contribution in [3.63, 3.8) is 0 Å². The van der Waals surface area contributed by atoms with Gasteiger partial charge in [0.25, 0.3) is 11.5 Å². The van der Waals surface area contributed by atoms with Crippen LogP contribution in [0.25, 0.3) is 11.1 Å². The number of ether oxygens (including phenoxy) is 1. The molecular formula is C34H43N5O5. The van der Waals surface area contributed by atoms with Crippen LogP contribution < -0.4 is 21.5 Å². The number of alkyl carbamates (subject to hydrolysis) is 1. The highest BCUT2D eigenvalue weighted by Gasteiger charge is 2.25. The largest absolute Gasteiger partial charge is 0.444 e. The normalized spacial score (nSPS) is 16.7. The van der Waals surface area contributed by atoms with Crippen LogP contribution in [-0.4, -0.2) is 45.9 Å². The molecule has 0 atom stereocenters. The van der Waals surface area contributed by atoms with Crippen LogP contribution >= 0.6 is 0 Å². The highest BCUT2D eigenvalue weighted by molar-refractivity contribution is 6.02. The Kier molecular flexibility index (Phi) is 10.4. The lowest BCUT2D eigenvalue weighted by molar-refractivity contribution is 0.0489. The molecule has 0 aliphatic heterocycles. The molecule has 44 heavy (non-hydrogen) atoms. The summed E-state index contributed by atoms with van der Waals surface area (Å²) < 4.78 is 5.39. The van der Waals surface area contributed by atoms with Gasteiger partial charge in [0.15, 0.2) is 6.29 Å². The van der Waals surface area contributed by atoms with Crippen molar-refractivity contribution in [1.82, 2.24) is 25.9 Å². The van der Waals surface area contributed by atoms with Crippen molar-refractivity contribution < 1.29 is 19.1 Å². The first-order valence-electron chi connectivity index (χ1n) is 15.1. The zero-order valence-electron chi connectivity index (χ0n) is 26.4. The Morgan fingerprint density at radius 1 is 1.02 bits per heavy atom. The molecular weight excluding hydrogens is 558 g/mol. The third kappa shape index (κ3) is 8.41. The SMILES string of the molecule is Cc1cc(C)c(CNC(=O)c2c(-c3ccc(C=O)nc3)ccc(CNC3CCC(NC(=O)OC(C)(C)C)CC3)c2C)c(=O)[nH]1. The number of amides is 2. The molecule has 4 N–H and O–H groups in total. The van der Waals surface area contributed by atoms with E-state index in [2.05, 4.69) is 25.9 Å². The van der Waals surface area contributed by atoms with E-state index in [0.717, 1.165) is 48.1 Å². The monoisotopic (exact) mass is 601 g/mol. The number of hydrogen-bond acceptors (Lipinski definition) is 7. The minimum Gasteiger partial charge on any atom is -0.444 e. The van der Waals surface area contributed by atoms with Crippen LogP contribution in [-0.2, 0) is 17.8 Å². The van der Waals surface area contributed by atoms with E-state index in [1.807, 2.05) is 59.7 Å². The molecule has 2 amide bonds. The number of carbonyl (C=O) groups is 3. The summed E-state index contributed by atoms with van der Waals surface area (Å²) in [4.78, 5) is 56.6. The molecule has 0 saturated heterocycles. The smallest absolute Gasteiger partial charge is 0.407 e. The molecule has 0 radical (unpaired) electrons. The van der Waals surface area contributed by atoms with Crippen LogP contribution in [0.15, 0.2) is 41.3 Å². The van der Waals surface area contributed by atoms with E-state index in [1.54, 1.807) is 18.3 Å². The molecule has 0 spiro atoms. The van der Waals surface area contributed by atoms with E-state index < -0.39 is 5.60 Å². The molecule has 3 aromatic rings. The van der Waals surface area contributed by atoms with Crippen LogP contribution in [0.4, 0.5) is 4.79 Å². The van der Waals surface area contributed by atoms with Crippen LogP contribution in [0.1, 0.15) is 95.2 Å². The minimum absolute atomic E-state index is 0.0860. The van der Waals surface area contributed by atoms with Crippen molar-refractivity contribution in [2.24, 2.45) is 0 Å². The van der Waals surface area contributed by atoms with Crippen LogP contribution in [0.3, 0.4) is 0 Å². The molecule has 1 aliphatic rings. The number of H-pyrrole nitrogens is 1. The standard InChI is InChI=1S/C34H43N5O5/c1-20-15-21(2)38-31(41)29(20)18-37-32(42)30-22(3)23(8-14-28(30)24-7-9-27(19-40)36-17-24)16-35-25-10-12-26(13-11-25)39-33(43)44-34(4,5)6/h7-9,14-15,17,19,25-26,35H,10-13,16,18H2,1-6H3,(H,37,42)(H,38,41)(H,39,43). The number of benzene rings is 1. The molecule has 1 aliphatic carbocycles. The average Bonchev–Trinajstić information content (AvgIpc) is 2.95. The number of nitrogens with one attached hydrogen (secondary N) is 4. The molecule has 1 saturated carbocycles. The van der Waals surface area contributed by atoms with Crippen LogP contribution in [0.2, 0.25) is 0 Å². The van der Waals surface area contributed by atoms with Gasteiger partial charge in [-0.2, -0.15) is 0 Å². The predicted octanol–water partition coefficient (Wildman–Crippen LogP) is 5.03. The van der Waals surface area contributed by atoms with Crippen molar-refractivity contribution in [3.05, 3.63) is 86.1 Å². The first-order valence-corrected chi connectivity index (χ1v) is 15.1. The number of pyridine rings is 2. The zero-order valence-corrected chi connectivity index (χ0v) is 26.4. The van der Waals surface area contributed by atoms with Gasteiger partial charge >= 0.3 is 6.09 Å². The number of aromatic amines is 1. The fraction of sp³-hybridized carbons (Fsp3) is 0.441. The van der Waals surface area contributed by atoms with Gasteiger partial charge in [-0.25, -0.2) is 4.79 Å². The maximum atomic E-state index is 13.7. The topological polar surface area (TPSA) is 142 Å². The average molecular weight is 602 g/mol. The molecule has 1 aromatic carbocycles. The van der Waals surface area contributed by atoms with Crippen LogP contribution in [0.5, 0.6) is 0 Å². The number of aldehydes is 1. The Morgan fingerprint density at radius 3 is 2.34 bits per heavy atom. The van der Waals surface area contributed by atoms with Gasteiger partial charge in [-0.3, -0.25) is 19.4 Å². The molecule has 10 nitrogen and oxygen atoms in total.